The zero-order valence-corrected chi connectivity index (χ0v) is 7.84. The van der Waals surface area contributed by atoms with E-state index < -0.39 is 0 Å². The van der Waals surface area contributed by atoms with Crippen molar-refractivity contribution in [2.45, 2.75) is 19.8 Å². The van der Waals surface area contributed by atoms with E-state index in [9.17, 15) is 9.50 Å². The van der Waals surface area contributed by atoms with E-state index in [1.165, 1.54) is 12.1 Å². The Kier molecular flexibility index (Phi) is 2.88. The van der Waals surface area contributed by atoms with Crippen LogP contribution in [0.15, 0.2) is 12.1 Å². The molecule has 1 aromatic carbocycles. The molecule has 1 unspecified atom stereocenters. The van der Waals surface area contributed by atoms with Crippen LogP contribution >= 0.6 is 0 Å². The average molecular weight is 183 g/mol. The molecule has 0 saturated carbocycles. The smallest absolute Gasteiger partial charge is 0.126 e. The molecular weight excluding hydrogens is 169 g/mol. The molecule has 3 N–H and O–H groups in total. The molecule has 1 aromatic rings. The zero-order chi connectivity index (χ0) is 10.0. The van der Waals surface area contributed by atoms with Crippen molar-refractivity contribution < 1.29 is 9.50 Å². The molecule has 72 valence electrons. The van der Waals surface area contributed by atoms with Crippen molar-refractivity contribution >= 4 is 0 Å². The number of rotatable bonds is 2. The molecule has 13 heavy (non-hydrogen) atoms. The highest BCUT2D eigenvalue weighted by Crippen LogP contribution is 2.29. The number of benzene rings is 1. The van der Waals surface area contributed by atoms with Crippen LogP contribution in [0.3, 0.4) is 0 Å². The quantitative estimate of drug-likeness (QED) is 0.735. The van der Waals surface area contributed by atoms with E-state index in [-0.39, 0.29) is 17.5 Å². The van der Waals surface area contributed by atoms with Crippen LogP contribution in [0, 0.1) is 12.7 Å². The number of aromatic hydroxyl groups is 1. The molecule has 0 aliphatic rings. The number of halogens is 1. The first-order valence-electron chi connectivity index (χ1n) is 4.26. The van der Waals surface area contributed by atoms with Crippen LogP contribution in [-0.4, -0.2) is 11.7 Å². The molecule has 0 fully saturated rings. The molecule has 0 heterocycles. The van der Waals surface area contributed by atoms with E-state index in [1.807, 2.05) is 6.92 Å². The molecule has 0 spiro atoms. The highest BCUT2D eigenvalue weighted by atomic mass is 19.1. The Labute approximate surface area is 77.2 Å². The maximum Gasteiger partial charge on any atom is 0.126 e. The molecule has 0 aromatic heterocycles. The highest BCUT2D eigenvalue weighted by molar-refractivity contribution is 5.41. The van der Waals surface area contributed by atoms with E-state index in [0.29, 0.717) is 17.7 Å². The van der Waals surface area contributed by atoms with Crippen LogP contribution in [0.1, 0.15) is 24.0 Å². The number of phenols is 1. The fraction of sp³-hybridized carbons (Fsp3) is 0.400. The Morgan fingerprint density at radius 3 is 2.69 bits per heavy atom. The van der Waals surface area contributed by atoms with Crippen molar-refractivity contribution in [2.24, 2.45) is 5.73 Å². The monoisotopic (exact) mass is 183 g/mol. The fourth-order valence-electron chi connectivity index (χ4n) is 1.43. The lowest BCUT2D eigenvalue weighted by Crippen LogP contribution is -2.11. The third-order valence-corrected chi connectivity index (χ3v) is 2.27. The molecule has 0 amide bonds. The minimum absolute atomic E-state index is 0.0179. The van der Waals surface area contributed by atoms with Crippen LogP contribution < -0.4 is 5.73 Å². The molecule has 0 bridgehead atoms. The van der Waals surface area contributed by atoms with E-state index in [2.05, 4.69) is 0 Å². The Morgan fingerprint density at radius 1 is 1.54 bits per heavy atom. The second-order valence-corrected chi connectivity index (χ2v) is 3.24. The average Bonchev–Trinajstić information content (AvgIpc) is 2.12. The van der Waals surface area contributed by atoms with E-state index in [1.54, 1.807) is 6.92 Å². The predicted molar refractivity (Wildman–Crippen MR) is 50.3 cm³/mol. The predicted octanol–water partition coefficient (Wildman–Crippen LogP) is 1.90. The van der Waals surface area contributed by atoms with Gasteiger partial charge in [0.1, 0.15) is 11.6 Å². The number of phenolic OH excluding ortho intramolecular Hbond substituents is 1. The number of hydrogen-bond donors (Lipinski definition) is 2. The first-order chi connectivity index (χ1) is 6.07. The van der Waals surface area contributed by atoms with Crippen LogP contribution in [0.5, 0.6) is 5.75 Å². The van der Waals surface area contributed by atoms with Crippen molar-refractivity contribution in [3.05, 3.63) is 29.1 Å². The molecule has 2 nitrogen and oxygen atoms in total. The summed E-state index contributed by atoms with van der Waals surface area (Å²) in [4.78, 5) is 0. The van der Waals surface area contributed by atoms with Gasteiger partial charge in [-0.15, -0.1) is 0 Å². The lowest BCUT2D eigenvalue weighted by molar-refractivity contribution is 0.458. The largest absolute Gasteiger partial charge is 0.508 e. The van der Waals surface area contributed by atoms with Gasteiger partial charge in [0.2, 0.25) is 0 Å². The molecule has 0 saturated heterocycles. The van der Waals surface area contributed by atoms with E-state index in [0.717, 1.165) is 0 Å². The van der Waals surface area contributed by atoms with Gasteiger partial charge in [0.15, 0.2) is 0 Å². The van der Waals surface area contributed by atoms with E-state index >= 15 is 0 Å². The van der Waals surface area contributed by atoms with Gasteiger partial charge in [-0.05, 0) is 37.1 Å². The molecule has 1 atom stereocenters. The van der Waals surface area contributed by atoms with Gasteiger partial charge in [0, 0.05) is 5.56 Å². The van der Waals surface area contributed by atoms with Gasteiger partial charge in [-0.1, -0.05) is 6.92 Å². The molecule has 0 aliphatic carbocycles. The minimum atomic E-state index is -0.298. The van der Waals surface area contributed by atoms with Crippen molar-refractivity contribution in [1.82, 2.24) is 0 Å². The lowest BCUT2D eigenvalue weighted by Gasteiger charge is -2.14. The van der Waals surface area contributed by atoms with Crippen molar-refractivity contribution in [1.29, 1.82) is 0 Å². The summed E-state index contributed by atoms with van der Waals surface area (Å²) in [6, 6.07) is 2.63. The maximum absolute atomic E-state index is 13.1. The summed E-state index contributed by atoms with van der Waals surface area (Å²) in [5.74, 6) is -0.194. The summed E-state index contributed by atoms with van der Waals surface area (Å²) in [5.41, 5.74) is 6.56. The summed E-state index contributed by atoms with van der Waals surface area (Å²) in [6.45, 7) is 3.91. The summed E-state index contributed by atoms with van der Waals surface area (Å²) in [6.07, 6.45) is 0. The van der Waals surface area contributed by atoms with Crippen LogP contribution in [0.25, 0.3) is 0 Å². The standard InChI is InChI=1S/C10H14FNO/c1-6(5-12)10-7(2)8(11)3-4-9(10)13/h3-4,6,13H,5,12H2,1-2H3. The summed E-state index contributed by atoms with van der Waals surface area (Å²) < 4.78 is 13.1. The fourth-order valence-corrected chi connectivity index (χ4v) is 1.43. The van der Waals surface area contributed by atoms with Crippen LogP contribution in [0.4, 0.5) is 4.39 Å². The molecular formula is C10H14FNO. The Morgan fingerprint density at radius 2 is 2.15 bits per heavy atom. The number of hydrogen-bond acceptors (Lipinski definition) is 2. The molecule has 1 rings (SSSR count). The molecule has 3 heteroatoms. The summed E-state index contributed by atoms with van der Waals surface area (Å²) in [5, 5.41) is 9.50. The Hall–Kier alpha value is -1.09. The summed E-state index contributed by atoms with van der Waals surface area (Å²) in [7, 11) is 0. The van der Waals surface area contributed by atoms with Gasteiger partial charge < -0.3 is 10.8 Å². The van der Waals surface area contributed by atoms with Gasteiger partial charge in [-0.3, -0.25) is 0 Å². The van der Waals surface area contributed by atoms with Crippen molar-refractivity contribution in [3.8, 4) is 5.75 Å². The SMILES string of the molecule is Cc1c(F)ccc(O)c1C(C)CN. The molecule has 0 radical (unpaired) electrons. The van der Waals surface area contributed by atoms with Crippen LogP contribution in [0.2, 0.25) is 0 Å². The Balaban J connectivity index is 3.25. The normalized spacial score (nSPS) is 12.9. The van der Waals surface area contributed by atoms with Gasteiger partial charge in [0.05, 0.1) is 0 Å². The lowest BCUT2D eigenvalue weighted by atomic mass is 9.95. The number of nitrogens with two attached hydrogens (primary N) is 1. The van der Waals surface area contributed by atoms with Crippen molar-refractivity contribution in [3.63, 3.8) is 0 Å². The van der Waals surface area contributed by atoms with E-state index in [4.69, 9.17) is 5.73 Å². The second kappa shape index (κ2) is 3.75. The topological polar surface area (TPSA) is 46.2 Å². The minimum Gasteiger partial charge on any atom is -0.508 e. The third kappa shape index (κ3) is 1.80. The van der Waals surface area contributed by atoms with Crippen LogP contribution in [-0.2, 0) is 0 Å². The van der Waals surface area contributed by atoms with Gasteiger partial charge in [0.25, 0.3) is 0 Å². The Bertz CT molecular complexity index is 312. The highest BCUT2D eigenvalue weighted by Gasteiger charge is 2.14. The first-order valence-corrected chi connectivity index (χ1v) is 4.26. The summed E-state index contributed by atoms with van der Waals surface area (Å²) >= 11 is 0. The van der Waals surface area contributed by atoms with Gasteiger partial charge in [-0.2, -0.15) is 0 Å². The van der Waals surface area contributed by atoms with Crippen molar-refractivity contribution in [2.75, 3.05) is 6.54 Å². The first kappa shape index (κ1) is 9.99. The second-order valence-electron chi connectivity index (χ2n) is 3.24. The van der Waals surface area contributed by atoms with Gasteiger partial charge >= 0.3 is 0 Å². The molecule has 0 aliphatic heterocycles. The third-order valence-electron chi connectivity index (χ3n) is 2.27. The van der Waals surface area contributed by atoms with Gasteiger partial charge in [-0.25, -0.2) is 4.39 Å². The maximum atomic E-state index is 13.1. The zero-order valence-electron chi connectivity index (χ0n) is 7.84.